The smallest absolute Gasteiger partial charge is 0.416 e. The van der Waals surface area contributed by atoms with Crippen molar-refractivity contribution in [3.63, 3.8) is 0 Å². The molecule has 0 spiro atoms. The first-order valence-electron chi connectivity index (χ1n) is 11.7. The first-order valence-corrected chi connectivity index (χ1v) is 12.9. The Labute approximate surface area is 224 Å². The lowest BCUT2D eigenvalue weighted by molar-refractivity contribution is -0.149. The van der Waals surface area contributed by atoms with Crippen LogP contribution in [0.5, 0.6) is 5.88 Å². The Bertz CT molecular complexity index is 1580. The van der Waals surface area contributed by atoms with Gasteiger partial charge in [-0.1, -0.05) is 35.1 Å². The third-order valence-electron chi connectivity index (χ3n) is 7.01. The van der Waals surface area contributed by atoms with Crippen LogP contribution in [0, 0.1) is 5.41 Å². The van der Waals surface area contributed by atoms with E-state index in [0.717, 1.165) is 17.4 Å². The number of benzene rings is 2. The number of halogens is 4. The molecule has 0 saturated carbocycles. The van der Waals surface area contributed by atoms with E-state index in [0.29, 0.717) is 57.7 Å². The lowest BCUT2D eigenvalue weighted by Crippen LogP contribution is -2.42. The SMILES string of the molecule is CC1(C(=O)O)CCN(c2nc(O)c(C(Cc3ccc(Cl)cc3C(F)(F)F)=c3ccc4c(c3)C=NN=4)s2)CC1. The van der Waals surface area contributed by atoms with Crippen LogP contribution in [0.3, 0.4) is 0 Å². The maximum Gasteiger partial charge on any atom is 0.416 e. The summed E-state index contributed by atoms with van der Waals surface area (Å²) in [7, 11) is 0. The van der Waals surface area contributed by atoms with Crippen LogP contribution < -0.4 is 15.5 Å². The molecule has 1 saturated heterocycles. The molecule has 1 fully saturated rings. The highest BCUT2D eigenvalue weighted by Gasteiger charge is 2.38. The summed E-state index contributed by atoms with van der Waals surface area (Å²) in [5.41, 5.74) is -0.529. The van der Waals surface area contributed by atoms with Crippen molar-refractivity contribution in [2.24, 2.45) is 15.6 Å². The maximum absolute atomic E-state index is 13.9. The summed E-state index contributed by atoms with van der Waals surface area (Å²) in [4.78, 5) is 18.2. The topological polar surface area (TPSA) is 98.4 Å². The van der Waals surface area contributed by atoms with Gasteiger partial charge in [-0.05, 0) is 60.4 Å². The molecule has 1 aromatic heterocycles. The third kappa shape index (κ3) is 5.00. The van der Waals surface area contributed by atoms with Gasteiger partial charge in [0.05, 0.1) is 27.4 Å². The number of carboxylic acid groups (broad SMARTS) is 1. The lowest BCUT2D eigenvalue weighted by atomic mass is 9.81. The number of aromatic nitrogens is 1. The first kappa shape index (κ1) is 26.2. The van der Waals surface area contributed by atoms with Gasteiger partial charge < -0.3 is 15.1 Å². The molecular weight excluding hydrogens is 541 g/mol. The normalized spacial score (nSPS) is 17.2. The van der Waals surface area contributed by atoms with Crippen molar-refractivity contribution in [2.45, 2.75) is 32.4 Å². The number of hydrogen-bond acceptors (Lipinski definition) is 7. The van der Waals surface area contributed by atoms with Crippen molar-refractivity contribution in [3.8, 4) is 5.88 Å². The predicted octanol–water partition coefficient (Wildman–Crippen LogP) is 4.62. The molecule has 3 heterocycles. The Morgan fingerprint density at radius 2 is 1.92 bits per heavy atom. The summed E-state index contributed by atoms with van der Waals surface area (Å²) in [6.07, 6.45) is -2.40. The number of carboxylic acids is 1. The summed E-state index contributed by atoms with van der Waals surface area (Å²) < 4.78 is 41.7. The van der Waals surface area contributed by atoms with Gasteiger partial charge in [-0.15, -0.1) is 0 Å². The molecule has 5 rings (SSSR count). The van der Waals surface area contributed by atoms with Crippen LogP contribution in [-0.2, 0) is 17.4 Å². The molecule has 0 bridgehead atoms. The van der Waals surface area contributed by atoms with Gasteiger partial charge in [0.15, 0.2) is 5.13 Å². The quantitative estimate of drug-likeness (QED) is 0.473. The Morgan fingerprint density at radius 1 is 1.18 bits per heavy atom. The molecule has 0 amide bonds. The molecule has 12 heteroatoms. The first-order chi connectivity index (χ1) is 17.9. The van der Waals surface area contributed by atoms with Gasteiger partial charge in [-0.2, -0.15) is 28.4 Å². The molecule has 198 valence electrons. The van der Waals surface area contributed by atoms with Crippen molar-refractivity contribution in [3.05, 3.63) is 73.6 Å². The fraction of sp³-hybridized carbons (Fsp3) is 0.308. The number of rotatable bonds is 5. The summed E-state index contributed by atoms with van der Waals surface area (Å²) in [5, 5.41) is 30.0. The second-order valence-corrected chi connectivity index (χ2v) is 11.0. The molecule has 0 radical (unpaired) electrons. The van der Waals surface area contributed by atoms with E-state index in [4.69, 9.17) is 11.6 Å². The molecule has 0 atom stereocenters. The van der Waals surface area contributed by atoms with E-state index >= 15 is 0 Å². The highest BCUT2D eigenvalue weighted by Crippen LogP contribution is 2.41. The number of aliphatic carboxylic acids is 1. The largest absolute Gasteiger partial charge is 0.492 e. The van der Waals surface area contributed by atoms with Crippen LogP contribution in [-0.4, -0.2) is 40.5 Å². The average Bonchev–Trinajstić information content (AvgIpc) is 3.49. The van der Waals surface area contributed by atoms with Crippen LogP contribution in [0.4, 0.5) is 18.3 Å². The minimum absolute atomic E-state index is 0.000278. The van der Waals surface area contributed by atoms with Crippen LogP contribution in [0.2, 0.25) is 5.02 Å². The minimum atomic E-state index is -4.62. The summed E-state index contributed by atoms with van der Waals surface area (Å²) in [6.45, 7) is 2.56. The minimum Gasteiger partial charge on any atom is -0.492 e. The molecule has 0 unspecified atom stereocenters. The molecule has 2 aromatic carbocycles. The number of aromatic hydroxyl groups is 1. The van der Waals surface area contributed by atoms with Crippen molar-refractivity contribution in [1.82, 2.24) is 4.98 Å². The fourth-order valence-corrected chi connectivity index (χ4v) is 5.85. The predicted molar refractivity (Wildman–Crippen MR) is 138 cm³/mol. The standard InChI is InChI=1S/C26H22ClF3N4O3S/c1-25(23(36)37)6-8-34(9-7-25)24-32-22(35)21(38-24)18(14-3-5-20-16(10-14)13-31-33-20)11-15-2-4-17(27)12-19(15)26(28,29)30/h2-5,10,12-13,35H,6-9,11H2,1H3,(H,36,37). The van der Waals surface area contributed by atoms with E-state index in [-0.39, 0.29) is 22.9 Å². The molecule has 0 aliphatic carbocycles. The number of fused-ring (bicyclic) bond motifs is 1. The Morgan fingerprint density at radius 3 is 2.61 bits per heavy atom. The zero-order valence-electron chi connectivity index (χ0n) is 20.1. The second kappa shape index (κ2) is 9.70. The van der Waals surface area contributed by atoms with Gasteiger partial charge in [0.25, 0.3) is 0 Å². The number of carbonyl (C=O) groups is 1. The molecule has 2 aliphatic rings. The van der Waals surface area contributed by atoms with Gasteiger partial charge in [0, 0.05) is 30.1 Å². The van der Waals surface area contributed by atoms with Gasteiger partial charge in [-0.3, -0.25) is 4.79 Å². The Hall–Kier alpha value is -3.44. The number of nitrogens with zero attached hydrogens (tertiary/aromatic N) is 4. The van der Waals surface area contributed by atoms with Crippen molar-refractivity contribution >= 4 is 45.8 Å². The summed E-state index contributed by atoms with van der Waals surface area (Å²) in [6, 6.07) is 8.86. The fourth-order valence-electron chi connectivity index (χ4n) is 4.60. The van der Waals surface area contributed by atoms with Crippen LogP contribution in [0.25, 0.3) is 5.57 Å². The molecule has 3 aromatic rings. The number of thiazole rings is 1. The van der Waals surface area contributed by atoms with E-state index < -0.39 is 23.1 Å². The Kier molecular flexibility index (Phi) is 6.68. The third-order valence-corrected chi connectivity index (χ3v) is 8.41. The van der Waals surface area contributed by atoms with Crippen molar-refractivity contribution < 1.29 is 28.2 Å². The number of alkyl halides is 3. The van der Waals surface area contributed by atoms with Gasteiger partial charge >= 0.3 is 12.1 Å². The van der Waals surface area contributed by atoms with E-state index in [1.165, 1.54) is 12.1 Å². The van der Waals surface area contributed by atoms with E-state index in [1.807, 2.05) is 4.90 Å². The molecule has 2 N–H and O–H groups in total. The van der Waals surface area contributed by atoms with E-state index in [2.05, 4.69) is 15.2 Å². The van der Waals surface area contributed by atoms with Crippen LogP contribution >= 0.6 is 22.9 Å². The summed E-state index contributed by atoms with van der Waals surface area (Å²) in [5.74, 6) is -1.15. The second-order valence-electron chi connectivity index (χ2n) is 9.57. The number of hydrogen-bond donors (Lipinski definition) is 2. The molecule has 2 aliphatic heterocycles. The zero-order chi connectivity index (χ0) is 27.2. The number of anilines is 1. The highest BCUT2D eigenvalue weighted by molar-refractivity contribution is 7.17. The van der Waals surface area contributed by atoms with Crippen LogP contribution in [0.15, 0.2) is 46.6 Å². The maximum atomic E-state index is 13.9. The molecule has 38 heavy (non-hydrogen) atoms. The molecule has 7 nitrogen and oxygen atoms in total. The molecular formula is C26H22ClF3N4O3S. The van der Waals surface area contributed by atoms with Gasteiger partial charge in [0.1, 0.15) is 0 Å². The monoisotopic (exact) mass is 562 g/mol. The summed E-state index contributed by atoms with van der Waals surface area (Å²) >= 11 is 7.05. The Balaban J connectivity index is 1.60. The average molecular weight is 563 g/mol. The van der Waals surface area contributed by atoms with Crippen molar-refractivity contribution in [1.29, 1.82) is 0 Å². The van der Waals surface area contributed by atoms with E-state index in [1.54, 1.807) is 31.3 Å². The van der Waals surface area contributed by atoms with E-state index in [9.17, 15) is 28.2 Å². The van der Waals surface area contributed by atoms with Gasteiger partial charge in [-0.25, -0.2) is 0 Å². The van der Waals surface area contributed by atoms with Crippen LogP contribution in [0.1, 0.15) is 41.3 Å². The van der Waals surface area contributed by atoms with Crippen molar-refractivity contribution in [2.75, 3.05) is 18.0 Å². The zero-order valence-corrected chi connectivity index (χ0v) is 21.7. The van der Waals surface area contributed by atoms with Gasteiger partial charge in [0.2, 0.25) is 5.88 Å². The lowest BCUT2D eigenvalue weighted by Gasteiger charge is -2.36. The highest BCUT2D eigenvalue weighted by atomic mass is 35.5. The number of piperidine rings is 1.